The molecule has 99 heavy (non-hydrogen) atoms. The van der Waals surface area contributed by atoms with Gasteiger partial charge in [-0.1, -0.05) is 52.8 Å². The van der Waals surface area contributed by atoms with Gasteiger partial charge in [-0.3, -0.25) is 67.1 Å². The lowest BCUT2D eigenvalue weighted by Gasteiger charge is -2.31. The second kappa shape index (κ2) is 36.4. The number of Topliss-reactive ketones (excluding diaryl/α,β-unsaturated/α-hetero) is 4. The van der Waals surface area contributed by atoms with Crippen LogP contribution in [0, 0.1) is 35.5 Å². The number of fused-ring (bicyclic) bond motifs is 1. The molecule has 0 aliphatic carbocycles. The van der Waals surface area contributed by atoms with Crippen LogP contribution in [0.1, 0.15) is 148 Å². The molecule has 3 aliphatic heterocycles. The van der Waals surface area contributed by atoms with Crippen molar-refractivity contribution < 1.29 is 77.3 Å². The zero-order valence-electron chi connectivity index (χ0n) is 57.2. The van der Waals surface area contributed by atoms with Gasteiger partial charge in [0, 0.05) is 137 Å². The molecule has 30 heteroatoms. The molecule has 1 aromatic carbocycles. The molecule has 3 saturated heterocycles. The highest BCUT2D eigenvalue weighted by molar-refractivity contribution is 6.00. The summed E-state index contributed by atoms with van der Waals surface area (Å²) in [6.07, 6.45) is 7.57. The Morgan fingerprint density at radius 3 is 1.73 bits per heavy atom. The van der Waals surface area contributed by atoms with Crippen molar-refractivity contribution in [3.05, 3.63) is 72.5 Å². The van der Waals surface area contributed by atoms with Gasteiger partial charge in [-0.25, -0.2) is 9.97 Å². The number of hydrogen-bond acceptors (Lipinski definition) is 17. The number of primary amides is 1. The van der Waals surface area contributed by atoms with Gasteiger partial charge >= 0.3 is 5.97 Å². The quantitative estimate of drug-likeness (QED) is 0.0301. The fraction of sp³-hybridized carbons (Fsp3) is 0.594. The van der Waals surface area contributed by atoms with E-state index in [1.807, 2.05) is 52.0 Å². The molecular formula is C69H96N14O16. The van der Waals surface area contributed by atoms with Crippen LogP contribution in [0.15, 0.2) is 55.5 Å². The van der Waals surface area contributed by atoms with E-state index >= 15 is 0 Å². The van der Waals surface area contributed by atoms with Crippen LogP contribution in [0.3, 0.4) is 0 Å². The molecule has 4 aromatic rings. The number of nitrogens with one attached hydrogen (secondary N) is 8. The fourth-order valence-corrected chi connectivity index (χ4v) is 13.7. The van der Waals surface area contributed by atoms with Gasteiger partial charge in [0.1, 0.15) is 24.2 Å². The van der Waals surface area contributed by atoms with Gasteiger partial charge in [-0.15, -0.1) is 0 Å². The molecule has 9 amide bonds. The topological polar surface area (TPSA) is 448 Å². The summed E-state index contributed by atoms with van der Waals surface area (Å²) < 4.78 is 0. The molecule has 0 unspecified atom stereocenters. The van der Waals surface area contributed by atoms with E-state index in [9.17, 15) is 77.3 Å². The third kappa shape index (κ3) is 21.8. The predicted octanol–water partition coefficient (Wildman–Crippen LogP) is 1.45. The molecular weight excluding hydrogens is 1280 g/mol. The Morgan fingerprint density at radius 1 is 0.596 bits per heavy atom. The number of nitrogens with two attached hydrogens (primary N) is 1. The van der Waals surface area contributed by atoms with Crippen LogP contribution < -0.4 is 32.3 Å². The number of likely N-dealkylation sites (tertiary alicyclic amines) is 3. The largest absolute Gasteiger partial charge is 0.481 e. The number of benzene rings is 1. The lowest BCUT2D eigenvalue weighted by molar-refractivity contribution is -0.144. The second-order valence-corrected chi connectivity index (χ2v) is 27.4. The Morgan fingerprint density at radius 2 is 1.13 bits per heavy atom. The summed E-state index contributed by atoms with van der Waals surface area (Å²) in [5.74, 6) is -13.5. The number of carboxylic acid groups (broad SMARTS) is 1. The van der Waals surface area contributed by atoms with Crippen LogP contribution >= 0.6 is 0 Å². The monoisotopic (exact) mass is 1380 g/mol. The summed E-state index contributed by atoms with van der Waals surface area (Å²) in [4.78, 5) is 213. The number of ketones is 4. The average molecular weight is 1380 g/mol. The smallest absolute Gasteiger partial charge is 0.303 e. The summed E-state index contributed by atoms with van der Waals surface area (Å²) >= 11 is 0. The van der Waals surface area contributed by atoms with E-state index in [-0.39, 0.29) is 95.0 Å². The van der Waals surface area contributed by atoms with Crippen LogP contribution in [0.5, 0.6) is 0 Å². The van der Waals surface area contributed by atoms with Crippen molar-refractivity contribution in [2.24, 2.45) is 41.2 Å². The highest BCUT2D eigenvalue weighted by atomic mass is 16.4. The van der Waals surface area contributed by atoms with Gasteiger partial charge in [-0.05, 0) is 81.3 Å². The van der Waals surface area contributed by atoms with Gasteiger partial charge in [0.2, 0.25) is 53.2 Å². The number of aliphatic carboxylic acids is 1. The Balaban J connectivity index is 0.992. The summed E-state index contributed by atoms with van der Waals surface area (Å²) in [6.45, 7) is 9.35. The molecule has 0 radical (unpaired) electrons. The van der Waals surface area contributed by atoms with Crippen molar-refractivity contribution in [2.45, 2.75) is 193 Å². The normalized spacial score (nSPS) is 18.6. The minimum atomic E-state index is -1.47. The molecule has 30 nitrogen and oxygen atoms in total. The minimum Gasteiger partial charge on any atom is -0.481 e. The summed E-state index contributed by atoms with van der Waals surface area (Å²) in [6, 6.07) is -0.762. The molecule has 12 N–H and O–H groups in total. The van der Waals surface area contributed by atoms with E-state index in [1.165, 1.54) is 53.6 Å². The number of carboxylic acids is 1. The van der Waals surface area contributed by atoms with Gasteiger partial charge in [-0.2, -0.15) is 0 Å². The number of aromatic amines is 3. The first kappa shape index (κ1) is 76.9. The Bertz CT molecular complexity index is 3530. The van der Waals surface area contributed by atoms with Crippen LogP contribution in [0.4, 0.5) is 0 Å². The number of para-hydroxylation sites is 1. The predicted molar refractivity (Wildman–Crippen MR) is 357 cm³/mol. The highest BCUT2D eigenvalue weighted by Crippen LogP contribution is 2.31. The zero-order chi connectivity index (χ0) is 72.2. The third-order valence-electron chi connectivity index (χ3n) is 18.6. The SMILES string of the molecule is CC(=O)N[C@@H](Cc1cnc[nH]1)C(=O)C[C@@H](Cc1cnc[nH]1)C(=O)N[C@@H](CCC(=O)O)C(=O)N1CCC[C@H]1C(=O)NCC(=O)C[C@@H](C)C(=O)N[C@@H](Cc1c[nH]c2ccccc12)C(=O)C[C@@H](CC(C)C)C(=O)N1CCC[C@H]1C(=O)C[C@@H](CC(C)C)C(=O)N[C@@H](CO)C(=O)N1CCC[C@H]1C(N)=O. The maximum absolute atomic E-state index is 14.9. The van der Waals surface area contributed by atoms with Gasteiger partial charge in [0.25, 0.3) is 0 Å². The molecule has 0 bridgehead atoms. The van der Waals surface area contributed by atoms with Crippen LogP contribution in [-0.2, 0) is 86.4 Å². The Hall–Kier alpha value is -9.48. The number of H-pyrrole nitrogens is 3. The molecule has 0 spiro atoms. The number of imidazole rings is 2. The van der Waals surface area contributed by atoms with E-state index < -0.39 is 175 Å². The first-order valence-electron chi connectivity index (χ1n) is 34.2. The van der Waals surface area contributed by atoms with E-state index in [2.05, 4.69) is 51.5 Å². The van der Waals surface area contributed by atoms with Crippen molar-refractivity contribution >= 4 is 93.2 Å². The fourth-order valence-electron chi connectivity index (χ4n) is 13.7. The summed E-state index contributed by atoms with van der Waals surface area (Å²) in [5.41, 5.74) is 7.99. The lowest BCUT2D eigenvalue weighted by atomic mass is 9.86. The number of aliphatic hydroxyl groups excluding tert-OH is 1. The second-order valence-electron chi connectivity index (χ2n) is 27.4. The number of rotatable bonds is 39. The van der Waals surface area contributed by atoms with E-state index in [0.29, 0.717) is 49.1 Å². The first-order chi connectivity index (χ1) is 47.1. The van der Waals surface area contributed by atoms with Gasteiger partial charge in [0.15, 0.2) is 23.1 Å². The number of aliphatic hydroxyl groups is 1. The number of carbonyl (C=O) groups is 14. The lowest BCUT2D eigenvalue weighted by Crippen LogP contribution is -2.55. The van der Waals surface area contributed by atoms with E-state index in [4.69, 9.17) is 5.73 Å². The Labute approximate surface area is 574 Å². The zero-order valence-corrected chi connectivity index (χ0v) is 57.2. The van der Waals surface area contributed by atoms with Crippen molar-refractivity contribution in [2.75, 3.05) is 32.8 Å². The maximum atomic E-state index is 14.9. The van der Waals surface area contributed by atoms with E-state index in [1.54, 1.807) is 6.20 Å². The number of aromatic nitrogens is 5. The van der Waals surface area contributed by atoms with Crippen molar-refractivity contribution in [1.82, 2.24) is 66.2 Å². The first-order valence-corrected chi connectivity index (χ1v) is 34.2. The molecule has 0 saturated carbocycles. The number of carbonyl (C=O) groups excluding carboxylic acids is 13. The van der Waals surface area contributed by atoms with Gasteiger partial charge in [0.05, 0.1) is 49.8 Å². The van der Waals surface area contributed by atoms with Crippen LogP contribution in [0.25, 0.3) is 10.9 Å². The minimum absolute atomic E-state index is 0.0128. The molecule has 3 aliphatic rings. The Kier molecular flexibility index (Phi) is 28.3. The summed E-state index contributed by atoms with van der Waals surface area (Å²) in [5, 5.41) is 34.1. The van der Waals surface area contributed by atoms with Crippen molar-refractivity contribution in [1.29, 1.82) is 0 Å². The number of nitrogens with zero attached hydrogens (tertiary/aromatic N) is 5. The number of hydrogen-bond donors (Lipinski definition) is 11. The summed E-state index contributed by atoms with van der Waals surface area (Å²) in [7, 11) is 0. The molecule has 7 rings (SSSR count). The standard InChI is InChI=1S/C69H96N14O16/c1-38(2)22-42(64(94)80-54(35-84)69(99)82-20-10-15-56(82)62(70)92)28-60(89)55-14-9-19-81(55)67(97)44(23-39(3)4)29-59(88)52(26-45-31-73-50-13-8-7-12-49(45)50)79-63(93)40(5)24-48(86)34-74-66(96)57-16-11-21-83(57)68(98)51(17-18-61(90)91)78-65(95)43(25-46-32-71-36-75-46)27-58(87)53(77-41(6)85)30-47-33-72-37-76-47/h7-8,12-13,31-33,36-40,42-44,51-57,73,84H,9-11,14-30,34-35H2,1-6H3,(H2,70,92)(H,71,75)(H,72,76)(H,74,96)(H,77,85)(H,78,95)(H,79,93)(H,80,94)(H,90,91)/t40-,42-,43-,44-,51+,52+,53+,54+,55+,56+,57+/m1/s1. The molecule has 3 fully saturated rings. The maximum Gasteiger partial charge on any atom is 0.303 e. The van der Waals surface area contributed by atoms with Crippen molar-refractivity contribution in [3.63, 3.8) is 0 Å². The van der Waals surface area contributed by atoms with Gasteiger partial charge < -0.3 is 72.2 Å². The third-order valence-corrected chi connectivity index (χ3v) is 18.6. The number of amides is 9. The molecule has 538 valence electrons. The van der Waals surface area contributed by atoms with Crippen LogP contribution in [-0.4, -0.2) is 207 Å². The molecule has 6 heterocycles. The molecule has 11 atom stereocenters. The molecule has 3 aromatic heterocycles. The highest BCUT2D eigenvalue weighted by Gasteiger charge is 2.43. The van der Waals surface area contributed by atoms with E-state index in [0.717, 1.165) is 10.9 Å². The average Bonchev–Trinajstić information content (AvgIpc) is 1.74. The van der Waals surface area contributed by atoms with Crippen LogP contribution in [0.2, 0.25) is 0 Å². The van der Waals surface area contributed by atoms with Crippen molar-refractivity contribution in [3.8, 4) is 0 Å².